The van der Waals surface area contributed by atoms with Crippen LogP contribution in [0.25, 0.3) is 133 Å². The van der Waals surface area contributed by atoms with Crippen molar-refractivity contribution in [3.05, 3.63) is 308 Å². The highest BCUT2D eigenvalue weighted by Gasteiger charge is 2.47. The van der Waals surface area contributed by atoms with Crippen LogP contribution >= 0.6 is 0 Å². The highest BCUT2D eigenvalue weighted by molar-refractivity contribution is 7.00. The van der Waals surface area contributed by atoms with Crippen LogP contribution < -0.4 is 26.2 Å². The molecule has 0 saturated carbocycles. The number of hydrogen-bond donors (Lipinski definition) is 0. The maximum absolute atomic E-state index is 11.6. The third-order valence-electron chi connectivity index (χ3n) is 18.8. The van der Waals surface area contributed by atoms with Crippen LogP contribution in [0.15, 0.2) is 307 Å². The molecule has 20 rings (SSSR count). The van der Waals surface area contributed by atoms with Gasteiger partial charge in [-0.25, -0.2) is 0 Å². The van der Waals surface area contributed by atoms with E-state index in [-0.39, 0.29) is 134 Å². The van der Waals surface area contributed by atoms with E-state index in [0.717, 1.165) is 11.1 Å². The van der Waals surface area contributed by atoms with Crippen LogP contribution in [-0.2, 0) is 5.41 Å². The zero-order chi connectivity index (χ0) is 81.2. The topological polar surface area (TPSA) is 29.5 Å². The fraction of sp³-hybridized carbons (Fsp3) is 0.0455. The van der Waals surface area contributed by atoms with E-state index in [1.54, 1.807) is 17.0 Å². The van der Waals surface area contributed by atoms with Gasteiger partial charge in [0.05, 0.1) is 75.0 Å². The van der Waals surface area contributed by atoms with Gasteiger partial charge in [-0.1, -0.05) is 251 Å². The lowest BCUT2D eigenvalue weighted by Gasteiger charge is -2.47. The van der Waals surface area contributed by atoms with Crippen LogP contribution in [0.3, 0.4) is 0 Å². The maximum atomic E-state index is 11.6. The summed E-state index contributed by atoms with van der Waals surface area (Å²) in [5, 5.41) is 0.0416. The van der Waals surface area contributed by atoms with Gasteiger partial charge in [-0.3, -0.25) is 0 Å². The normalized spacial score (nSPS) is 16.3. The summed E-state index contributed by atoms with van der Waals surface area (Å²) in [4.78, 5) is 3.61. The van der Waals surface area contributed by atoms with E-state index in [2.05, 4.69) is 0 Å². The summed E-state index contributed by atoms with van der Waals surface area (Å²) in [6, 6.07) is 38.3. The molecule has 6 heterocycles. The monoisotopic (exact) mass is 1220 g/mol. The highest BCUT2D eigenvalue weighted by atomic mass is 16.3. The number of hydrogen-bond acceptors (Lipinski definition) is 3. The lowest BCUT2D eigenvalue weighted by molar-refractivity contribution is 0.590. The number of aromatic nitrogens is 2. The highest BCUT2D eigenvalue weighted by Crippen LogP contribution is 2.57. The lowest BCUT2D eigenvalue weighted by Crippen LogP contribution is -2.61. The summed E-state index contributed by atoms with van der Waals surface area (Å²) in [5.74, 6) is 0. The van der Waals surface area contributed by atoms with Crippen LogP contribution in [0.1, 0.15) is 56.5 Å². The van der Waals surface area contributed by atoms with Gasteiger partial charge in [0.25, 0.3) is 6.71 Å². The smallest absolute Gasteiger partial charge is 0.252 e. The Morgan fingerprint density at radius 2 is 0.915 bits per heavy atom. The standard InChI is InChI=1S/C88H59BN4O/c1-88(2,3)58-51-79-84-80(52-58)93-85-62(55-26-8-5-9-27-55)37-23-38-68(85)63-31-11-10-30-60(63)56-28-22-29-57(50-56)82-76(91-74-41-19-14-34-66(74)67-35-15-20-42-75(67)91)49-47-71(86(82)93)89(84)70-46-44-59(90-72-39-17-12-32-64(72)65-33-13-18-40-73(65)90)53-78(70)92(79)77-48-45-61(54-24-6-4-7-25-54)83-69-36-16-21-43-81(69)94-87(77)83/h4-53H,1-3H3/i12D,13D,14D,15D,17D,18D,19D,20D,32D,33D,34D,35D,39D,40D,41D,42D,44D,46D,47D,49D,51D,52D. The molecule has 0 aliphatic carbocycles. The first-order chi connectivity index (χ1) is 55.5. The van der Waals surface area contributed by atoms with Crippen molar-refractivity contribution in [1.29, 1.82) is 0 Å². The zero-order valence-electron chi connectivity index (χ0n) is 72.4. The quantitative estimate of drug-likeness (QED) is 0.161. The molecule has 440 valence electrons. The molecule has 5 nitrogen and oxygen atoms in total. The van der Waals surface area contributed by atoms with Crippen LogP contribution in [0.5, 0.6) is 0 Å². The van der Waals surface area contributed by atoms with Crippen molar-refractivity contribution in [2.75, 3.05) is 9.80 Å². The predicted octanol–water partition coefficient (Wildman–Crippen LogP) is 21.8. The molecule has 0 unspecified atom stereocenters. The van der Waals surface area contributed by atoms with E-state index < -0.39 is 133 Å². The molecule has 0 N–H and O–H groups in total. The van der Waals surface area contributed by atoms with E-state index in [0.29, 0.717) is 55.4 Å². The Bertz CT molecular complexity index is 7280. The molecule has 17 aromatic rings. The minimum atomic E-state index is -1.67. The minimum absolute atomic E-state index is 0.0285. The van der Waals surface area contributed by atoms with Crippen molar-refractivity contribution < 1.29 is 34.6 Å². The summed E-state index contributed by atoms with van der Waals surface area (Å²) in [6.45, 7) is 3.94. The van der Waals surface area contributed by atoms with E-state index in [1.807, 2.05) is 177 Å². The van der Waals surface area contributed by atoms with Gasteiger partial charge in [0.2, 0.25) is 0 Å². The van der Waals surface area contributed by atoms with E-state index in [1.165, 1.54) is 15.2 Å². The van der Waals surface area contributed by atoms with Crippen LogP contribution in [-0.4, -0.2) is 15.8 Å². The van der Waals surface area contributed by atoms with Gasteiger partial charge in [0.1, 0.15) is 5.58 Å². The molecular formula is C88H59BN4O. The second-order valence-corrected chi connectivity index (χ2v) is 25.0. The summed E-state index contributed by atoms with van der Waals surface area (Å²) < 4.78 is 230. The summed E-state index contributed by atoms with van der Waals surface area (Å²) >= 11 is 0. The Morgan fingerprint density at radius 1 is 0.372 bits per heavy atom. The Kier molecular flexibility index (Phi) is 7.52. The van der Waals surface area contributed by atoms with Crippen molar-refractivity contribution in [3.8, 4) is 67.0 Å². The molecule has 0 saturated heterocycles. The fourth-order valence-electron chi connectivity index (χ4n) is 14.8. The molecule has 0 spiro atoms. The van der Waals surface area contributed by atoms with Gasteiger partial charge in [-0.15, -0.1) is 0 Å². The molecule has 94 heavy (non-hydrogen) atoms. The number of furan rings is 1. The number of benzene rings is 14. The predicted molar refractivity (Wildman–Crippen MR) is 396 cm³/mol. The molecule has 0 radical (unpaired) electrons. The zero-order valence-corrected chi connectivity index (χ0v) is 50.4. The van der Waals surface area contributed by atoms with Gasteiger partial charge in [0.15, 0.2) is 5.58 Å². The number of para-hydroxylation sites is 6. The molecular weight excluding hydrogens is 1140 g/mol. The average Bonchev–Trinajstić information content (AvgIpc) is 0.771. The molecule has 3 aromatic heterocycles. The first-order valence-electron chi connectivity index (χ1n) is 42.0. The second-order valence-electron chi connectivity index (χ2n) is 25.0. The Balaban J connectivity index is 1.07. The van der Waals surface area contributed by atoms with Crippen molar-refractivity contribution in [2.45, 2.75) is 26.2 Å². The van der Waals surface area contributed by atoms with Crippen molar-refractivity contribution in [3.63, 3.8) is 0 Å². The van der Waals surface area contributed by atoms with E-state index in [9.17, 15) is 27.4 Å². The summed E-state index contributed by atoms with van der Waals surface area (Å²) in [5.41, 5.74) is 3.85. The van der Waals surface area contributed by atoms with Crippen LogP contribution in [0.2, 0.25) is 0 Å². The summed E-state index contributed by atoms with van der Waals surface area (Å²) in [6.07, 6.45) is 0. The molecule has 0 amide bonds. The average molecular weight is 1220 g/mol. The molecule has 3 aliphatic rings. The van der Waals surface area contributed by atoms with E-state index >= 15 is 0 Å². The third-order valence-corrected chi connectivity index (χ3v) is 18.8. The largest absolute Gasteiger partial charge is 0.454 e. The first-order valence-corrected chi connectivity index (χ1v) is 31.0. The number of rotatable bonds is 5. The molecule has 6 heteroatoms. The van der Waals surface area contributed by atoms with Crippen molar-refractivity contribution in [1.82, 2.24) is 9.13 Å². The van der Waals surface area contributed by atoms with Gasteiger partial charge >= 0.3 is 0 Å². The minimum Gasteiger partial charge on any atom is -0.454 e. The Labute approximate surface area is 575 Å². The Morgan fingerprint density at radius 3 is 1.60 bits per heavy atom. The molecule has 0 fully saturated rings. The van der Waals surface area contributed by atoms with Gasteiger partial charge in [-0.05, 0) is 139 Å². The second kappa shape index (κ2) is 19.8. The van der Waals surface area contributed by atoms with Crippen molar-refractivity contribution in [2.24, 2.45) is 0 Å². The van der Waals surface area contributed by atoms with Crippen LogP contribution in [0, 0.1) is 0 Å². The lowest BCUT2D eigenvalue weighted by atomic mass is 9.33. The molecule has 14 aromatic carbocycles. The van der Waals surface area contributed by atoms with Gasteiger partial charge in [-0.2, -0.15) is 0 Å². The first kappa shape index (κ1) is 35.7. The molecule has 2 bridgehead atoms. The Hall–Kier alpha value is -11.9. The van der Waals surface area contributed by atoms with E-state index in [4.69, 9.17) is 7.16 Å². The molecule has 3 aliphatic heterocycles. The summed E-state index contributed by atoms with van der Waals surface area (Å²) in [7, 11) is 0. The van der Waals surface area contributed by atoms with Gasteiger partial charge in [0, 0.05) is 71.8 Å². The van der Waals surface area contributed by atoms with Crippen LogP contribution in [0.4, 0.5) is 34.1 Å². The van der Waals surface area contributed by atoms with Gasteiger partial charge < -0.3 is 23.4 Å². The maximum Gasteiger partial charge on any atom is 0.252 e. The SMILES string of the molecule is [2H]c1c(-n2c3c([2H])c([2H])c([2H])c([2H])c3c3c([2H])c([2H])c([2H])c([2H])c32)cc2c(c1[2H])B1c3c(c([2H])c(C(C)(C)C)c([2H])c3N2c2ccc(-c3ccccc3)c3c2oc2ccccc23)N2c3c(-c4ccccc4)cccc3-c3ccccc3-c3cccc(c3)-c3c2c1c([2H])c([2H])c3-n1c2c([2H])c([2H])c([2H])c([2H])c2c2c([2H])c([2H])c([2H])c([2H])c21. The number of anilines is 6. The number of nitrogens with zero attached hydrogens (tertiary/aromatic N) is 4. The third kappa shape index (κ3) is 7.48. The number of fused-ring (bicyclic) bond motifs is 21. The molecule has 0 atom stereocenters. The van der Waals surface area contributed by atoms with Crippen molar-refractivity contribution >= 4 is 123 Å². The fourth-order valence-corrected chi connectivity index (χ4v) is 14.8.